The van der Waals surface area contributed by atoms with Crippen molar-refractivity contribution in [1.82, 2.24) is 0 Å². The molecule has 1 aliphatic rings. The molecule has 1 aliphatic heterocycles. The number of benzene rings is 1. The molecule has 0 aliphatic carbocycles. The van der Waals surface area contributed by atoms with Gasteiger partial charge in [0.05, 0.1) is 29.2 Å². The first-order chi connectivity index (χ1) is 12.9. The van der Waals surface area contributed by atoms with Gasteiger partial charge in [0.2, 0.25) is 0 Å². The zero-order valence-corrected chi connectivity index (χ0v) is 14.0. The molecular weight excluding hydrogens is 324 g/mol. The number of rotatable bonds is 10. The molecule has 0 bridgehead atoms. The standard InChI is InChI=1S/C19H26O6/c1-3-10-22-13-15-16(20)18(23-11-4-2)17(21)19(25-15)24-12-14-8-6-5-7-9-14/h3-9,15-21H,1-2,10-13H2/t15-,16+,17-,18+,19?/m1/s1/i3D,4D. The molecule has 1 saturated heterocycles. The fourth-order valence-electron chi connectivity index (χ4n) is 2.53. The summed E-state index contributed by atoms with van der Waals surface area (Å²) < 4.78 is 36.8. The molecule has 138 valence electrons. The number of aliphatic hydroxyl groups is 2. The third-order valence-corrected chi connectivity index (χ3v) is 3.76. The summed E-state index contributed by atoms with van der Waals surface area (Å²) in [5.41, 5.74) is 0.898. The Labute approximate surface area is 151 Å². The summed E-state index contributed by atoms with van der Waals surface area (Å²) in [6.07, 6.45) is -5.38. The van der Waals surface area contributed by atoms with Gasteiger partial charge in [0.1, 0.15) is 24.4 Å². The lowest BCUT2D eigenvalue weighted by molar-refractivity contribution is -0.310. The van der Waals surface area contributed by atoms with Gasteiger partial charge in [-0.1, -0.05) is 42.4 Å². The van der Waals surface area contributed by atoms with Crippen molar-refractivity contribution in [3.05, 3.63) is 61.2 Å². The molecular formula is C19H26O6. The van der Waals surface area contributed by atoms with Crippen molar-refractivity contribution in [2.24, 2.45) is 0 Å². The molecule has 0 spiro atoms. The van der Waals surface area contributed by atoms with Crippen molar-refractivity contribution < 1.29 is 31.9 Å². The topological polar surface area (TPSA) is 77.4 Å². The Kier molecular flexibility index (Phi) is 7.07. The summed E-state index contributed by atoms with van der Waals surface area (Å²) >= 11 is 0. The molecule has 2 N–H and O–H groups in total. The van der Waals surface area contributed by atoms with Crippen molar-refractivity contribution in [2.45, 2.75) is 37.3 Å². The molecule has 0 aromatic heterocycles. The van der Waals surface area contributed by atoms with Crippen LogP contribution in [0, 0.1) is 0 Å². The Balaban J connectivity index is 2.03. The van der Waals surface area contributed by atoms with E-state index < -0.39 is 30.7 Å². The first-order valence-electron chi connectivity index (χ1n) is 9.03. The first kappa shape index (κ1) is 16.9. The zero-order valence-electron chi connectivity index (χ0n) is 16.0. The van der Waals surface area contributed by atoms with Crippen molar-refractivity contribution in [2.75, 3.05) is 19.8 Å². The van der Waals surface area contributed by atoms with Crippen LogP contribution < -0.4 is 0 Å². The van der Waals surface area contributed by atoms with Crippen LogP contribution in [0.3, 0.4) is 0 Å². The van der Waals surface area contributed by atoms with Crippen molar-refractivity contribution in [3.63, 3.8) is 0 Å². The Morgan fingerprint density at radius 2 is 1.80 bits per heavy atom. The van der Waals surface area contributed by atoms with E-state index in [1.165, 1.54) is 0 Å². The maximum Gasteiger partial charge on any atom is 0.187 e. The molecule has 1 fully saturated rings. The minimum absolute atomic E-state index is 0.000275. The van der Waals surface area contributed by atoms with Gasteiger partial charge in [-0.25, -0.2) is 0 Å². The van der Waals surface area contributed by atoms with E-state index in [9.17, 15) is 10.2 Å². The minimum atomic E-state index is -1.26. The molecule has 1 unspecified atom stereocenters. The molecule has 1 aromatic carbocycles. The average molecular weight is 352 g/mol. The van der Waals surface area contributed by atoms with Crippen LogP contribution in [-0.2, 0) is 25.6 Å². The van der Waals surface area contributed by atoms with Gasteiger partial charge in [-0.2, -0.15) is 0 Å². The fourth-order valence-corrected chi connectivity index (χ4v) is 2.53. The first-order valence-corrected chi connectivity index (χ1v) is 8.03. The number of ether oxygens (including phenoxy) is 4. The molecule has 6 heteroatoms. The fraction of sp³-hybridized carbons (Fsp3) is 0.474. The maximum atomic E-state index is 10.5. The smallest absolute Gasteiger partial charge is 0.187 e. The molecule has 0 saturated carbocycles. The molecule has 0 radical (unpaired) electrons. The Hall–Kier alpha value is -1.54. The van der Waals surface area contributed by atoms with Crippen molar-refractivity contribution in [1.29, 1.82) is 0 Å². The Morgan fingerprint density at radius 3 is 2.48 bits per heavy atom. The largest absolute Gasteiger partial charge is 0.387 e. The van der Waals surface area contributed by atoms with E-state index in [-0.39, 0.29) is 38.5 Å². The number of hydrogen-bond donors (Lipinski definition) is 2. The predicted octanol–water partition coefficient (Wildman–Crippen LogP) is 1.42. The van der Waals surface area contributed by atoms with Crippen LogP contribution in [0.5, 0.6) is 0 Å². The summed E-state index contributed by atoms with van der Waals surface area (Å²) in [6.45, 7) is 6.90. The van der Waals surface area contributed by atoms with E-state index >= 15 is 0 Å². The summed E-state index contributed by atoms with van der Waals surface area (Å²) in [5, 5.41) is 21.0. The quantitative estimate of drug-likeness (QED) is 0.620. The van der Waals surface area contributed by atoms with Crippen LogP contribution in [0.15, 0.2) is 55.6 Å². The lowest BCUT2D eigenvalue weighted by Gasteiger charge is -2.42. The van der Waals surface area contributed by atoms with Gasteiger partial charge in [0, 0.05) is 0 Å². The second kappa shape index (κ2) is 10.5. The van der Waals surface area contributed by atoms with Gasteiger partial charge in [0.25, 0.3) is 0 Å². The van der Waals surface area contributed by atoms with Crippen LogP contribution in [0.1, 0.15) is 8.30 Å². The minimum Gasteiger partial charge on any atom is -0.387 e. The second-order valence-corrected chi connectivity index (χ2v) is 5.61. The van der Waals surface area contributed by atoms with Crippen LogP contribution >= 0.6 is 0 Å². The Morgan fingerprint density at radius 1 is 1.08 bits per heavy atom. The van der Waals surface area contributed by atoms with Crippen molar-refractivity contribution in [3.8, 4) is 0 Å². The highest BCUT2D eigenvalue weighted by molar-refractivity contribution is 5.13. The Bertz CT molecular complexity index is 611. The average Bonchev–Trinajstić information content (AvgIpc) is 2.63. The summed E-state index contributed by atoms with van der Waals surface area (Å²) in [5.74, 6) is 0. The van der Waals surface area contributed by atoms with Crippen LogP contribution in [-0.4, -0.2) is 60.7 Å². The summed E-state index contributed by atoms with van der Waals surface area (Å²) in [6, 6.07) is 9.49. The normalized spacial score (nSPS) is 30.4. The van der Waals surface area contributed by atoms with Crippen LogP contribution in [0.4, 0.5) is 0 Å². The molecule has 1 heterocycles. The number of hydrogen-bond acceptors (Lipinski definition) is 6. The lowest BCUT2D eigenvalue weighted by Crippen LogP contribution is -2.60. The van der Waals surface area contributed by atoms with Gasteiger partial charge in [-0.05, 0) is 5.56 Å². The highest BCUT2D eigenvalue weighted by atomic mass is 16.7. The lowest BCUT2D eigenvalue weighted by atomic mass is 9.99. The monoisotopic (exact) mass is 352 g/mol. The van der Waals surface area contributed by atoms with E-state index in [2.05, 4.69) is 13.2 Å². The van der Waals surface area contributed by atoms with Crippen molar-refractivity contribution >= 4 is 0 Å². The molecule has 2 rings (SSSR count). The molecule has 25 heavy (non-hydrogen) atoms. The van der Waals surface area contributed by atoms with E-state index in [1.807, 2.05) is 30.3 Å². The SMILES string of the molecule is [2H]C(=C)COC[C@H]1OC(OCc2ccccc2)[C@H](O)[C@@H](OCC([2H])=C)[C@H]1O. The molecule has 6 nitrogen and oxygen atoms in total. The van der Waals surface area contributed by atoms with E-state index in [0.29, 0.717) is 0 Å². The van der Waals surface area contributed by atoms with Crippen LogP contribution in [0.25, 0.3) is 0 Å². The highest BCUT2D eigenvalue weighted by Crippen LogP contribution is 2.25. The molecule has 0 amide bonds. The van der Waals surface area contributed by atoms with Crippen LogP contribution in [0.2, 0.25) is 0 Å². The predicted molar refractivity (Wildman–Crippen MR) is 92.9 cm³/mol. The van der Waals surface area contributed by atoms with Gasteiger partial charge in [-0.15, -0.1) is 13.2 Å². The van der Waals surface area contributed by atoms with E-state index in [4.69, 9.17) is 21.7 Å². The van der Waals surface area contributed by atoms with E-state index in [1.54, 1.807) is 0 Å². The van der Waals surface area contributed by atoms with Gasteiger partial charge < -0.3 is 29.2 Å². The molecule has 5 atom stereocenters. The maximum absolute atomic E-state index is 10.5. The molecule has 1 aromatic rings. The summed E-state index contributed by atoms with van der Waals surface area (Å²) in [4.78, 5) is 0. The second-order valence-electron chi connectivity index (χ2n) is 5.61. The van der Waals surface area contributed by atoms with Gasteiger partial charge in [-0.3, -0.25) is 0 Å². The third-order valence-electron chi connectivity index (χ3n) is 3.76. The third kappa shape index (κ3) is 5.74. The zero-order chi connectivity index (χ0) is 19.8. The van der Waals surface area contributed by atoms with Gasteiger partial charge >= 0.3 is 0 Å². The summed E-state index contributed by atoms with van der Waals surface area (Å²) in [7, 11) is 0. The van der Waals surface area contributed by atoms with E-state index in [0.717, 1.165) is 5.56 Å². The number of aliphatic hydroxyl groups excluding tert-OH is 2. The highest BCUT2D eigenvalue weighted by Gasteiger charge is 2.45. The van der Waals surface area contributed by atoms with Gasteiger partial charge in [0.15, 0.2) is 6.29 Å².